The molecule has 1 atom stereocenters. The molecule has 0 saturated heterocycles. The van der Waals surface area contributed by atoms with E-state index >= 15 is 0 Å². The van der Waals surface area contributed by atoms with Crippen molar-refractivity contribution in [1.29, 1.82) is 0 Å². The third-order valence-electron chi connectivity index (χ3n) is 13.4. The van der Waals surface area contributed by atoms with E-state index in [4.69, 9.17) is 14.2 Å². The lowest BCUT2D eigenvalue weighted by atomic mass is 9.90. The molecule has 0 amide bonds. The van der Waals surface area contributed by atoms with Gasteiger partial charge in [0.1, 0.15) is 5.78 Å². The van der Waals surface area contributed by atoms with Gasteiger partial charge in [-0.15, -0.1) is 0 Å². The summed E-state index contributed by atoms with van der Waals surface area (Å²) in [6.07, 6.45) is 28.3. The molecule has 0 aromatic rings. The minimum Gasteiger partial charge on any atom is -0.466 e. The monoisotopic (exact) mass is 964 g/mol. The van der Waals surface area contributed by atoms with Crippen LogP contribution in [0.1, 0.15) is 242 Å². The molecule has 0 heterocycles. The Kier molecular flexibility index (Phi) is 44.7. The van der Waals surface area contributed by atoms with E-state index in [0.717, 1.165) is 162 Å². The van der Waals surface area contributed by atoms with E-state index in [1.165, 1.54) is 51.4 Å². The summed E-state index contributed by atoms with van der Waals surface area (Å²) in [5, 5.41) is 0. The van der Waals surface area contributed by atoms with Gasteiger partial charge in [-0.3, -0.25) is 19.2 Å². The Morgan fingerprint density at radius 3 is 0.971 bits per heavy atom. The molecule has 0 aliphatic rings. The summed E-state index contributed by atoms with van der Waals surface area (Å²) in [7, 11) is 2.28. The maximum atomic E-state index is 12.8. The first-order valence-electron chi connectivity index (χ1n) is 28.8. The summed E-state index contributed by atoms with van der Waals surface area (Å²) in [4.78, 5) is 56.7. The number of carbonyl (C=O) groups excluding carboxylic acids is 4. The molecule has 10 nitrogen and oxygen atoms in total. The highest BCUT2D eigenvalue weighted by atomic mass is 16.5. The van der Waals surface area contributed by atoms with Gasteiger partial charge in [0.2, 0.25) is 0 Å². The average Bonchev–Trinajstić information content (AvgIpc) is 3.29. The van der Waals surface area contributed by atoms with E-state index in [-0.39, 0.29) is 23.8 Å². The largest absolute Gasteiger partial charge is 0.466 e. The Morgan fingerprint density at radius 2 is 0.647 bits per heavy atom. The van der Waals surface area contributed by atoms with E-state index in [1.807, 2.05) is 0 Å². The lowest BCUT2D eigenvalue weighted by Gasteiger charge is -2.26. The van der Waals surface area contributed by atoms with Gasteiger partial charge in [0, 0.05) is 31.6 Å². The molecule has 0 rings (SSSR count). The zero-order valence-electron chi connectivity index (χ0n) is 46.7. The molecule has 10 heteroatoms. The topological polar surface area (TPSA) is 106 Å². The number of hydrogen-bond donors (Lipinski definition) is 0. The summed E-state index contributed by atoms with van der Waals surface area (Å²) < 4.78 is 16.4. The third-order valence-corrected chi connectivity index (χ3v) is 13.4. The fraction of sp³-hybridized carbons (Fsp3) is 0.931. The van der Waals surface area contributed by atoms with Gasteiger partial charge in [0.15, 0.2) is 0 Å². The van der Waals surface area contributed by atoms with Crippen LogP contribution < -0.4 is 0 Å². The Bertz CT molecular complexity index is 1160. The molecule has 0 aliphatic carbocycles. The molecule has 1 unspecified atom stereocenters. The maximum Gasteiger partial charge on any atom is 0.305 e. The second-order valence-corrected chi connectivity index (χ2v) is 22.1. The van der Waals surface area contributed by atoms with Gasteiger partial charge >= 0.3 is 17.9 Å². The van der Waals surface area contributed by atoms with Gasteiger partial charge in [0.05, 0.1) is 19.8 Å². The van der Waals surface area contributed by atoms with E-state index in [0.29, 0.717) is 68.5 Å². The smallest absolute Gasteiger partial charge is 0.305 e. The molecular weight excluding hydrogens is 851 g/mol. The molecule has 0 bridgehead atoms. The van der Waals surface area contributed by atoms with Crippen LogP contribution in [0, 0.1) is 29.6 Å². The van der Waals surface area contributed by atoms with Gasteiger partial charge in [-0.05, 0) is 179 Å². The van der Waals surface area contributed by atoms with Gasteiger partial charge in [0.25, 0.3) is 0 Å². The molecule has 0 aliphatic heterocycles. The van der Waals surface area contributed by atoms with E-state index in [2.05, 4.69) is 84.1 Å². The molecule has 0 aromatic heterocycles. The summed E-state index contributed by atoms with van der Waals surface area (Å²) in [6.45, 7) is 30.0. The van der Waals surface area contributed by atoms with Gasteiger partial charge < -0.3 is 28.9 Å². The van der Waals surface area contributed by atoms with E-state index < -0.39 is 0 Å². The minimum atomic E-state index is -0.0570. The first kappa shape index (κ1) is 66.0. The van der Waals surface area contributed by atoms with Crippen molar-refractivity contribution < 1.29 is 33.4 Å². The second-order valence-electron chi connectivity index (χ2n) is 22.1. The quantitative estimate of drug-likeness (QED) is 0.0332. The minimum absolute atomic E-state index is 0.0525. The Hall–Kier alpha value is -2.04. The molecule has 0 fully saturated rings. The van der Waals surface area contributed by atoms with Crippen molar-refractivity contribution in [1.82, 2.24) is 14.7 Å². The van der Waals surface area contributed by atoms with Crippen LogP contribution in [0.2, 0.25) is 0 Å². The molecule has 0 saturated carbocycles. The highest BCUT2D eigenvalue weighted by Gasteiger charge is 2.17. The van der Waals surface area contributed by atoms with Gasteiger partial charge in [-0.25, -0.2) is 0 Å². The molecule has 0 spiro atoms. The molecule has 0 radical (unpaired) electrons. The summed E-state index contributed by atoms with van der Waals surface area (Å²) >= 11 is 0. The number of nitrogens with zero attached hydrogens (tertiary/aromatic N) is 3. The zero-order chi connectivity index (χ0) is 50.6. The number of rotatable bonds is 50. The van der Waals surface area contributed by atoms with Crippen LogP contribution in [-0.2, 0) is 33.4 Å². The van der Waals surface area contributed by atoms with Crippen LogP contribution in [0.25, 0.3) is 0 Å². The third kappa shape index (κ3) is 45.1. The molecular formula is C58H113N3O7. The lowest BCUT2D eigenvalue weighted by molar-refractivity contribution is -0.145. The number of carbonyl (C=O) groups is 4. The van der Waals surface area contributed by atoms with Crippen molar-refractivity contribution in [2.45, 2.75) is 242 Å². The van der Waals surface area contributed by atoms with Crippen LogP contribution in [0.4, 0.5) is 0 Å². The zero-order valence-corrected chi connectivity index (χ0v) is 46.7. The van der Waals surface area contributed by atoms with Crippen molar-refractivity contribution in [3.8, 4) is 0 Å². The number of ether oxygens (including phenoxy) is 3. The van der Waals surface area contributed by atoms with Crippen LogP contribution in [0.3, 0.4) is 0 Å². The van der Waals surface area contributed by atoms with Crippen molar-refractivity contribution in [3.05, 3.63) is 0 Å². The second kappa shape index (κ2) is 46.1. The molecule has 0 N–H and O–H groups in total. The highest BCUT2D eigenvalue weighted by Crippen LogP contribution is 2.20. The number of Topliss-reactive ketones (excluding diaryl/α,β-unsaturated/α-hetero) is 1. The number of hydrogen-bond acceptors (Lipinski definition) is 10. The van der Waals surface area contributed by atoms with Crippen molar-refractivity contribution in [3.63, 3.8) is 0 Å². The maximum absolute atomic E-state index is 12.8. The van der Waals surface area contributed by atoms with Crippen molar-refractivity contribution in [2.75, 3.05) is 79.2 Å². The van der Waals surface area contributed by atoms with Crippen molar-refractivity contribution in [2.24, 2.45) is 29.6 Å². The average molecular weight is 965 g/mol. The summed E-state index contributed by atoms with van der Waals surface area (Å²) in [5.41, 5.74) is 0. The number of esters is 3. The lowest BCUT2D eigenvalue weighted by Crippen LogP contribution is -2.32. The Morgan fingerprint density at radius 1 is 0.353 bits per heavy atom. The molecule has 68 heavy (non-hydrogen) atoms. The van der Waals surface area contributed by atoms with E-state index in [1.54, 1.807) is 0 Å². The predicted octanol–water partition coefficient (Wildman–Crippen LogP) is 13.9. The fourth-order valence-corrected chi connectivity index (χ4v) is 8.59. The van der Waals surface area contributed by atoms with Gasteiger partial charge in [-0.2, -0.15) is 0 Å². The van der Waals surface area contributed by atoms with Crippen LogP contribution in [0.5, 0.6) is 0 Å². The number of ketones is 1. The van der Waals surface area contributed by atoms with Crippen LogP contribution in [0.15, 0.2) is 0 Å². The van der Waals surface area contributed by atoms with Crippen LogP contribution in [-0.4, -0.2) is 118 Å². The standard InChI is InChI=1S/C58H113N3O7/c1-11-54(55(62)35-31-50(2)3)30-20-12-13-21-41-60(42-22-14-17-25-47-66-56(63)36-32-51(4)5)45-28-39-59(10)40-29-46-61(43-23-15-18-26-48-67-57(64)37-33-52(6)7)44-24-16-19-27-49-68-58(65)38-34-53(8)9/h50-54H,11-49H2,1-10H3. The fourth-order valence-electron chi connectivity index (χ4n) is 8.59. The predicted molar refractivity (Wildman–Crippen MR) is 286 cm³/mol. The van der Waals surface area contributed by atoms with Gasteiger partial charge in [-0.1, -0.05) is 120 Å². The molecule has 402 valence electrons. The highest BCUT2D eigenvalue weighted by molar-refractivity contribution is 5.80. The normalized spacial score (nSPS) is 12.4. The first-order valence-corrected chi connectivity index (χ1v) is 28.8. The first-order chi connectivity index (χ1) is 32.6. The van der Waals surface area contributed by atoms with Crippen molar-refractivity contribution >= 4 is 23.7 Å². The Labute approximate surface area is 421 Å². The van der Waals surface area contributed by atoms with Crippen LogP contribution >= 0.6 is 0 Å². The SMILES string of the molecule is CCC(CCCCCCN(CCCCCCOC(=O)CCC(C)C)CCCN(C)CCCN(CCCCCCOC(=O)CCC(C)C)CCCCCCOC(=O)CCC(C)C)C(=O)CCC(C)C. The number of unbranched alkanes of at least 4 members (excludes halogenated alkanes) is 12. The Balaban J connectivity index is 4.94. The van der Waals surface area contributed by atoms with E-state index in [9.17, 15) is 19.2 Å². The molecule has 0 aromatic carbocycles. The summed E-state index contributed by atoms with van der Waals surface area (Å²) in [6, 6.07) is 0. The summed E-state index contributed by atoms with van der Waals surface area (Å²) in [5.74, 6) is 2.71.